The van der Waals surface area contributed by atoms with Crippen molar-refractivity contribution in [1.29, 1.82) is 5.26 Å². The molecule has 0 N–H and O–H groups in total. The maximum atomic E-state index is 15.2. The molecular formula is C23H13Cl2F2N3O3. The van der Waals surface area contributed by atoms with Crippen LogP contribution in [-0.2, 0) is 6.42 Å². The zero-order valence-corrected chi connectivity index (χ0v) is 18.4. The van der Waals surface area contributed by atoms with Crippen molar-refractivity contribution >= 4 is 23.2 Å². The van der Waals surface area contributed by atoms with E-state index in [-0.39, 0.29) is 62.2 Å². The lowest BCUT2D eigenvalue weighted by Crippen LogP contribution is -1.98. The van der Waals surface area contributed by atoms with Gasteiger partial charge in [-0.15, -0.1) is 10.2 Å². The zero-order valence-electron chi connectivity index (χ0n) is 16.9. The predicted molar refractivity (Wildman–Crippen MR) is 117 cm³/mol. The molecule has 0 unspecified atom stereocenters. The number of nitrogens with zero attached hydrogens (tertiary/aromatic N) is 3. The summed E-state index contributed by atoms with van der Waals surface area (Å²) < 4.78 is 45.7. The van der Waals surface area contributed by atoms with Gasteiger partial charge in [0.2, 0.25) is 5.89 Å². The first-order chi connectivity index (χ1) is 15.9. The van der Waals surface area contributed by atoms with Gasteiger partial charge in [0, 0.05) is 10.6 Å². The van der Waals surface area contributed by atoms with Crippen molar-refractivity contribution in [1.82, 2.24) is 10.2 Å². The van der Waals surface area contributed by atoms with Crippen molar-refractivity contribution in [2.75, 3.05) is 7.11 Å². The highest BCUT2D eigenvalue weighted by Crippen LogP contribution is 2.36. The summed E-state index contributed by atoms with van der Waals surface area (Å²) in [6.45, 7) is 0. The van der Waals surface area contributed by atoms with Gasteiger partial charge in [0.05, 0.1) is 35.7 Å². The third-order valence-electron chi connectivity index (χ3n) is 4.57. The number of ether oxygens (including phenoxy) is 2. The Balaban J connectivity index is 1.62. The lowest BCUT2D eigenvalue weighted by Gasteiger charge is -2.12. The molecule has 10 heteroatoms. The second-order valence-electron chi connectivity index (χ2n) is 6.74. The average Bonchev–Trinajstić information content (AvgIpc) is 3.26. The molecule has 33 heavy (non-hydrogen) atoms. The number of halogens is 4. The van der Waals surface area contributed by atoms with Gasteiger partial charge in [-0.1, -0.05) is 35.3 Å². The van der Waals surface area contributed by atoms with Gasteiger partial charge in [0.25, 0.3) is 5.89 Å². The molecule has 0 aliphatic heterocycles. The van der Waals surface area contributed by atoms with Crippen LogP contribution in [0.2, 0.25) is 10.0 Å². The van der Waals surface area contributed by atoms with Crippen LogP contribution in [0.5, 0.6) is 17.2 Å². The predicted octanol–water partition coefficient (Wildman–Crippen LogP) is 6.58. The van der Waals surface area contributed by atoms with Crippen molar-refractivity contribution in [3.63, 3.8) is 0 Å². The standard InChI is InChI=1S/C23H13Cl2F2N3O3/c1-31-18-4-2-3-16(21(18)27)23-30-29-19(33-23)9-13-5-6-17(25)22(20(13)26)32-15-8-12(11-28)7-14(24)10-15/h2-8,10H,9H2,1H3. The van der Waals surface area contributed by atoms with Gasteiger partial charge in [0.1, 0.15) is 5.75 Å². The molecule has 0 atom stereocenters. The molecule has 0 bridgehead atoms. The molecule has 0 amide bonds. The van der Waals surface area contributed by atoms with Crippen LogP contribution < -0.4 is 9.47 Å². The average molecular weight is 488 g/mol. The highest BCUT2D eigenvalue weighted by Gasteiger charge is 2.20. The minimum atomic E-state index is -0.756. The molecule has 1 aromatic heterocycles. The Kier molecular flexibility index (Phi) is 6.45. The number of hydrogen-bond acceptors (Lipinski definition) is 6. The molecule has 0 fully saturated rings. The molecule has 0 saturated carbocycles. The second-order valence-corrected chi connectivity index (χ2v) is 7.58. The fourth-order valence-electron chi connectivity index (χ4n) is 3.04. The van der Waals surface area contributed by atoms with Gasteiger partial charge in [-0.2, -0.15) is 5.26 Å². The summed E-state index contributed by atoms with van der Waals surface area (Å²) in [4.78, 5) is 0. The SMILES string of the molecule is COc1cccc(-c2nnc(Cc3ccc(Cl)c(Oc4cc(Cl)cc(C#N)c4)c3F)o2)c1F. The molecule has 0 spiro atoms. The van der Waals surface area contributed by atoms with Crippen molar-refractivity contribution in [3.8, 4) is 34.8 Å². The van der Waals surface area contributed by atoms with E-state index in [9.17, 15) is 4.39 Å². The Labute approximate surface area is 196 Å². The molecule has 0 radical (unpaired) electrons. The van der Waals surface area contributed by atoms with E-state index in [4.69, 9.17) is 42.4 Å². The molecule has 0 aliphatic rings. The van der Waals surface area contributed by atoms with Gasteiger partial charge in [0.15, 0.2) is 23.1 Å². The second kappa shape index (κ2) is 9.45. The van der Waals surface area contributed by atoms with E-state index in [0.29, 0.717) is 0 Å². The Hall–Kier alpha value is -3.67. The highest BCUT2D eigenvalue weighted by atomic mass is 35.5. The molecule has 1 heterocycles. The van der Waals surface area contributed by atoms with Gasteiger partial charge in [-0.3, -0.25) is 0 Å². The molecule has 4 aromatic rings. The van der Waals surface area contributed by atoms with Gasteiger partial charge >= 0.3 is 0 Å². The van der Waals surface area contributed by atoms with Crippen molar-refractivity contribution in [2.45, 2.75) is 6.42 Å². The Morgan fingerprint density at radius 2 is 1.88 bits per heavy atom. The van der Waals surface area contributed by atoms with E-state index in [0.717, 1.165) is 0 Å². The summed E-state index contributed by atoms with van der Waals surface area (Å²) >= 11 is 12.1. The van der Waals surface area contributed by atoms with E-state index in [1.807, 2.05) is 6.07 Å². The number of benzene rings is 3. The summed E-state index contributed by atoms with van der Waals surface area (Å²) in [6.07, 6.45) is -0.100. The summed E-state index contributed by atoms with van der Waals surface area (Å²) in [5.41, 5.74) is 0.453. The fourth-order valence-corrected chi connectivity index (χ4v) is 3.45. The van der Waals surface area contributed by atoms with Crippen LogP contribution in [0.4, 0.5) is 8.78 Å². The van der Waals surface area contributed by atoms with Crippen molar-refractivity contribution in [2.24, 2.45) is 0 Å². The van der Waals surface area contributed by atoms with Crippen molar-refractivity contribution < 1.29 is 22.7 Å². The van der Waals surface area contributed by atoms with Crippen LogP contribution in [0.1, 0.15) is 17.0 Å². The molecule has 166 valence electrons. The first-order valence-corrected chi connectivity index (χ1v) is 10.2. The number of methoxy groups -OCH3 is 1. The van der Waals surface area contributed by atoms with E-state index < -0.39 is 11.6 Å². The van der Waals surface area contributed by atoms with E-state index in [1.165, 1.54) is 49.6 Å². The molecule has 0 aliphatic carbocycles. The number of aromatic nitrogens is 2. The quantitative estimate of drug-likeness (QED) is 0.305. The first-order valence-electron chi connectivity index (χ1n) is 9.40. The number of hydrogen-bond donors (Lipinski definition) is 0. The van der Waals surface area contributed by atoms with Gasteiger partial charge in [-0.25, -0.2) is 8.78 Å². The lowest BCUT2D eigenvalue weighted by atomic mass is 10.1. The summed E-state index contributed by atoms with van der Waals surface area (Å²) in [7, 11) is 1.34. The van der Waals surface area contributed by atoms with Gasteiger partial charge in [-0.05, 0) is 36.4 Å². The smallest absolute Gasteiger partial charge is 0.250 e. The van der Waals surface area contributed by atoms with Crippen LogP contribution in [0.25, 0.3) is 11.5 Å². The number of nitriles is 1. The van der Waals surface area contributed by atoms with Crippen LogP contribution >= 0.6 is 23.2 Å². The third kappa shape index (κ3) is 4.75. The monoisotopic (exact) mass is 487 g/mol. The van der Waals surface area contributed by atoms with E-state index in [2.05, 4.69) is 10.2 Å². The molecule has 4 rings (SSSR count). The maximum Gasteiger partial charge on any atom is 0.250 e. The Morgan fingerprint density at radius 1 is 1.06 bits per heavy atom. The van der Waals surface area contributed by atoms with Crippen LogP contribution in [-0.4, -0.2) is 17.3 Å². The normalized spacial score (nSPS) is 10.7. The summed E-state index contributed by atoms with van der Waals surface area (Å²) in [5.74, 6) is -1.51. The third-order valence-corrected chi connectivity index (χ3v) is 5.09. The van der Waals surface area contributed by atoms with Crippen molar-refractivity contribution in [3.05, 3.63) is 87.2 Å². The summed E-state index contributed by atoms with van der Waals surface area (Å²) in [6, 6.07) is 13.6. The Morgan fingerprint density at radius 3 is 2.64 bits per heavy atom. The lowest BCUT2D eigenvalue weighted by molar-refractivity contribution is 0.386. The fraction of sp³-hybridized carbons (Fsp3) is 0.0870. The van der Waals surface area contributed by atoms with E-state index in [1.54, 1.807) is 6.07 Å². The van der Waals surface area contributed by atoms with Crippen LogP contribution in [0.3, 0.4) is 0 Å². The molecule has 0 saturated heterocycles. The van der Waals surface area contributed by atoms with Crippen LogP contribution in [0, 0.1) is 23.0 Å². The molecule has 3 aromatic carbocycles. The van der Waals surface area contributed by atoms with Gasteiger partial charge < -0.3 is 13.9 Å². The minimum absolute atomic E-state index is 0.0133. The summed E-state index contributed by atoms with van der Waals surface area (Å²) in [5, 5.41) is 17.1. The maximum absolute atomic E-state index is 15.2. The highest BCUT2D eigenvalue weighted by molar-refractivity contribution is 6.32. The first kappa shape index (κ1) is 22.5. The zero-order chi connectivity index (χ0) is 23.5. The molecule has 6 nitrogen and oxygen atoms in total. The Bertz CT molecular complexity index is 1390. The van der Waals surface area contributed by atoms with E-state index >= 15 is 4.39 Å². The largest absolute Gasteiger partial charge is 0.494 e. The molecular weight excluding hydrogens is 475 g/mol. The topological polar surface area (TPSA) is 81.2 Å². The number of rotatable bonds is 6. The minimum Gasteiger partial charge on any atom is -0.494 e. The van der Waals surface area contributed by atoms with Crippen LogP contribution in [0.15, 0.2) is 52.9 Å².